The van der Waals surface area contributed by atoms with E-state index in [1.165, 1.54) is 0 Å². The molecule has 0 saturated heterocycles. The van der Waals surface area contributed by atoms with Gasteiger partial charge in [-0.3, -0.25) is 4.79 Å². The van der Waals surface area contributed by atoms with Crippen LogP contribution < -0.4 is 4.74 Å². The summed E-state index contributed by atoms with van der Waals surface area (Å²) in [6.07, 6.45) is 0.615. The van der Waals surface area contributed by atoms with Gasteiger partial charge in [0.15, 0.2) is 5.78 Å². The van der Waals surface area contributed by atoms with Crippen molar-refractivity contribution in [1.29, 1.82) is 0 Å². The number of carbonyl (C=O) groups is 1. The van der Waals surface area contributed by atoms with Crippen molar-refractivity contribution in [2.24, 2.45) is 11.8 Å². The molecule has 0 aliphatic heterocycles. The Bertz CT molecular complexity index is 338. The van der Waals surface area contributed by atoms with Crippen LogP contribution in [-0.2, 0) is 0 Å². The first kappa shape index (κ1) is 12.8. The number of ether oxygens (including phenoxy) is 1. The maximum atomic E-state index is 11.9. The van der Waals surface area contributed by atoms with E-state index >= 15 is 0 Å². The second-order valence-corrected chi connectivity index (χ2v) is 4.58. The monoisotopic (exact) mass is 220 g/mol. The molecule has 16 heavy (non-hydrogen) atoms. The van der Waals surface area contributed by atoms with Gasteiger partial charge in [0.2, 0.25) is 0 Å². The van der Waals surface area contributed by atoms with Gasteiger partial charge in [-0.2, -0.15) is 0 Å². The smallest absolute Gasteiger partial charge is 0.163 e. The predicted octanol–water partition coefficient (Wildman–Crippen LogP) is 3.56. The summed E-state index contributed by atoms with van der Waals surface area (Å²) in [5.74, 6) is 1.97. The molecular weight excluding hydrogens is 200 g/mol. The van der Waals surface area contributed by atoms with E-state index in [9.17, 15) is 4.79 Å². The predicted molar refractivity (Wildman–Crippen MR) is 65.9 cm³/mol. The van der Waals surface area contributed by atoms with E-state index in [2.05, 4.69) is 20.8 Å². The third-order valence-corrected chi connectivity index (χ3v) is 3.06. The summed E-state index contributed by atoms with van der Waals surface area (Å²) in [7, 11) is 1.62. The van der Waals surface area contributed by atoms with E-state index < -0.39 is 0 Å². The molecule has 2 nitrogen and oxygen atoms in total. The number of ketones is 1. The molecule has 0 aliphatic carbocycles. The van der Waals surface area contributed by atoms with Gasteiger partial charge in [0.05, 0.1) is 7.11 Å². The molecule has 1 rings (SSSR count). The minimum absolute atomic E-state index is 0.212. The number of benzene rings is 1. The number of hydrogen-bond donors (Lipinski definition) is 0. The second-order valence-electron chi connectivity index (χ2n) is 4.58. The van der Waals surface area contributed by atoms with Crippen LogP contribution in [0.3, 0.4) is 0 Å². The third-order valence-electron chi connectivity index (χ3n) is 3.06. The van der Waals surface area contributed by atoms with Crippen LogP contribution in [0.25, 0.3) is 0 Å². The average Bonchev–Trinajstić information content (AvgIpc) is 2.28. The van der Waals surface area contributed by atoms with Crippen molar-refractivity contribution < 1.29 is 9.53 Å². The largest absolute Gasteiger partial charge is 0.497 e. The molecule has 1 atom stereocenters. The molecular formula is C14H20O2. The summed E-state index contributed by atoms with van der Waals surface area (Å²) in [5.41, 5.74) is 0.772. The standard InChI is InChI=1S/C14H20O2/c1-10(2)11(3)9-14(15)12-5-7-13(16-4)8-6-12/h5-8,10-11H,9H2,1-4H3. The Hall–Kier alpha value is -1.31. The summed E-state index contributed by atoms with van der Waals surface area (Å²) in [6.45, 7) is 6.41. The van der Waals surface area contributed by atoms with E-state index in [1.54, 1.807) is 7.11 Å². The lowest BCUT2D eigenvalue weighted by atomic mass is 9.91. The summed E-state index contributed by atoms with van der Waals surface area (Å²) in [4.78, 5) is 11.9. The van der Waals surface area contributed by atoms with Crippen LogP contribution in [0.5, 0.6) is 5.75 Å². The Morgan fingerprint density at radius 2 is 1.75 bits per heavy atom. The first-order valence-corrected chi connectivity index (χ1v) is 5.72. The summed E-state index contributed by atoms with van der Waals surface area (Å²) in [6, 6.07) is 7.31. The summed E-state index contributed by atoms with van der Waals surface area (Å²) < 4.78 is 5.06. The van der Waals surface area contributed by atoms with Crippen LogP contribution in [0.1, 0.15) is 37.6 Å². The fraction of sp³-hybridized carbons (Fsp3) is 0.500. The fourth-order valence-corrected chi connectivity index (χ4v) is 1.42. The van der Waals surface area contributed by atoms with E-state index in [4.69, 9.17) is 4.74 Å². The molecule has 0 amide bonds. The SMILES string of the molecule is COc1ccc(C(=O)CC(C)C(C)C)cc1. The highest BCUT2D eigenvalue weighted by atomic mass is 16.5. The molecule has 1 aromatic carbocycles. The van der Waals surface area contributed by atoms with Crippen LogP contribution in [0.4, 0.5) is 0 Å². The number of rotatable bonds is 5. The van der Waals surface area contributed by atoms with Gasteiger partial charge in [-0.1, -0.05) is 20.8 Å². The lowest BCUT2D eigenvalue weighted by molar-refractivity contribution is 0.0953. The number of Topliss-reactive ketones (excluding diaryl/α,β-unsaturated/α-hetero) is 1. The Labute approximate surface area is 97.6 Å². The lowest BCUT2D eigenvalue weighted by Gasteiger charge is -2.14. The highest BCUT2D eigenvalue weighted by Gasteiger charge is 2.13. The van der Waals surface area contributed by atoms with Gasteiger partial charge in [0.1, 0.15) is 5.75 Å². The van der Waals surface area contributed by atoms with Gasteiger partial charge < -0.3 is 4.74 Å². The maximum Gasteiger partial charge on any atom is 0.163 e. The molecule has 0 saturated carbocycles. The molecule has 0 spiro atoms. The Morgan fingerprint density at radius 3 is 2.19 bits per heavy atom. The minimum atomic E-state index is 0.212. The zero-order valence-electron chi connectivity index (χ0n) is 10.5. The highest BCUT2D eigenvalue weighted by Crippen LogP contribution is 2.18. The van der Waals surface area contributed by atoms with Gasteiger partial charge in [0, 0.05) is 12.0 Å². The highest BCUT2D eigenvalue weighted by molar-refractivity contribution is 5.96. The first-order valence-electron chi connectivity index (χ1n) is 5.72. The van der Waals surface area contributed by atoms with Gasteiger partial charge in [0.25, 0.3) is 0 Å². The number of methoxy groups -OCH3 is 1. The van der Waals surface area contributed by atoms with Crippen molar-refractivity contribution in [2.45, 2.75) is 27.2 Å². The molecule has 0 bridgehead atoms. The number of carbonyl (C=O) groups excluding carboxylic acids is 1. The topological polar surface area (TPSA) is 26.3 Å². The molecule has 0 aliphatic rings. The molecule has 1 aromatic rings. The van der Waals surface area contributed by atoms with E-state index in [0.29, 0.717) is 18.3 Å². The van der Waals surface area contributed by atoms with Gasteiger partial charge >= 0.3 is 0 Å². The van der Waals surface area contributed by atoms with Crippen molar-refractivity contribution >= 4 is 5.78 Å². The van der Waals surface area contributed by atoms with Gasteiger partial charge in [-0.15, -0.1) is 0 Å². The van der Waals surface area contributed by atoms with Crippen molar-refractivity contribution in [1.82, 2.24) is 0 Å². The van der Waals surface area contributed by atoms with Gasteiger partial charge in [-0.25, -0.2) is 0 Å². The Balaban J connectivity index is 2.66. The van der Waals surface area contributed by atoms with Crippen molar-refractivity contribution in [3.63, 3.8) is 0 Å². The zero-order valence-corrected chi connectivity index (χ0v) is 10.5. The molecule has 1 unspecified atom stereocenters. The van der Waals surface area contributed by atoms with Crippen molar-refractivity contribution in [3.8, 4) is 5.75 Å². The van der Waals surface area contributed by atoms with Crippen LogP contribution in [0.15, 0.2) is 24.3 Å². The van der Waals surface area contributed by atoms with Crippen molar-refractivity contribution in [2.75, 3.05) is 7.11 Å². The van der Waals surface area contributed by atoms with Crippen LogP contribution in [-0.4, -0.2) is 12.9 Å². The number of hydrogen-bond acceptors (Lipinski definition) is 2. The quantitative estimate of drug-likeness (QED) is 0.709. The Morgan fingerprint density at radius 1 is 1.19 bits per heavy atom. The van der Waals surface area contributed by atoms with E-state index in [1.807, 2.05) is 24.3 Å². The van der Waals surface area contributed by atoms with Gasteiger partial charge in [-0.05, 0) is 36.1 Å². The van der Waals surface area contributed by atoms with E-state index in [-0.39, 0.29) is 5.78 Å². The normalized spacial score (nSPS) is 12.6. The molecule has 0 heterocycles. The average molecular weight is 220 g/mol. The fourth-order valence-electron chi connectivity index (χ4n) is 1.42. The van der Waals surface area contributed by atoms with Crippen LogP contribution in [0.2, 0.25) is 0 Å². The third kappa shape index (κ3) is 3.37. The Kier molecular flexibility index (Phi) is 4.53. The van der Waals surface area contributed by atoms with E-state index in [0.717, 1.165) is 11.3 Å². The maximum absolute atomic E-state index is 11.9. The molecule has 88 valence electrons. The first-order chi connectivity index (χ1) is 7.54. The molecule has 0 fully saturated rings. The zero-order chi connectivity index (χ0) is 12.1. The molecule has 0 aromatic heterocycles. The van der Waals surface area contributed by atoms with Crippen LogP contribution >= 0.6 is 0 Å². The molecule has 0 N–H and O–H groups in total. The van der Waals surface area contributed by atoms with Crippen LogP contribution in [0, 0.1) is 11.8 Å². The summed E-state index contributed by atoms with van der Waals surface area (Å²) in [5, 5.41) is 0. The summed E-state index contributed by atoms with van der Waals surface area (Å²) >= 11 is 0. The van der Waals surface area contributed by atoms with Crippen molar-refractivity contribution in [3.05, 3.63) is 29.8 Å². The molecule has 2 heteroatoms. The minimum Gasteiger partial charge on any atom is -0.497 e. The lowest BCUT2D eigenvalue weighted by Crippen LogP contribution is -2.11. The molecule has 0 radical (unpaired) electrons. The second kappa shape index (κ2) is 5.69.